The van der Waals surface area contributed by atoms with E-state index in [0.29, 0.717) is 35.5 Å². The summed E-state index contributed by atoms with van der Waals surface area (Å²) in [7, 11) is 0. The van der Waals surface area contributed by atoms with Gasteiger partial charge in [-0.2, -0.15) is 0 Å². The van der Waals surface area contributed by atoms with E-state index in [1.165, 1.54) is 18.1 Å². The molecule has 1 fully saturated rings. The smallest absolute Gasteiger partial charge is 0.257 e. The Morgan fingerprint density at radius 2 is 2.15 bits per heavy atom. The van der Waals surface area contributed by atoms with E-state index in [2.05, 4.69) is 25.2 Å². The van der Waals surface area contributed by atoms with Crippen LogP contribution in [0.25, 0.3) is 0 Å². The summed E-state index contributed by atoms with van der Waals surface area (Å²) < 4.78 is 6.97. The molecule has 0 aromatic carbocycles. The molecule has 0 radical (unpaired) electrons. The highest BCUT2D eigenvalue weighted by Crippen LogP contribution is 2.32. The molecule has 0 bridgehead atoms. The first-order valence-corrected chi connectivity index (χ1v) is 9.76. The number of fused-ring (bicyclic) bond motifs is 1. The molecule has 1 atom stereocenters. The third-order valence-corrected chi connectivity index (χ3v) is 5.69. The minimum atomic E-state index is -0.203. The topological polar surface area (TPSA) is 102 Å². The molecule has 0 saturated carbocycles. The molecule has 27 heavy (non-hydrogen) atoms. The van der Waals surface area contributed by atoms with Crippen molar-refractivity contribution in [1.29, 1.82) is 0 Å². The number of rotatable bonds is 4. The van der Waals surface area contributed by atoms with E-state index in [1.807, 2.05) is 0 Å². The number of thioether (sulfide) groups is 1. The predicted octanol–water partition coefficient (Wildman–Crippen LogP) is 0.854. The van der Waals surface area contributed by atoms with Crippen LogP contribution in [0.4, 0.5) is 11.6 Å². The van der Waals surface area contributed by atoms with Gasteiger partial charge in [-0.1, -0.05) is 11.8 Å². The van der Waals surface area contributed by atoms with Gasteiger partial charge in [-0.05, 0) is 6.92 Å². The fraction of sp³-hybridized carbons (Fsp3) is 0.471. The Kier molecular flexibility index (Phi) is 5.08. The number of morpholine rings is 1. The van der Waals surface area contributed by atoms with Gasteiger partial charge in [0.1, 0.15) is 18.0 Å². The Bertz CT molecular complexity index is 912. The fourth-order valence-corrected chi connectivity index (χ4v) is 4.27. The normalized spacial score (nSPS) is 19.0. The highest BCUT2D eigenvalue weighted by atomic mass is 32.2. The van der Waals surface area contributed by atoms with E-state index in [0.717, 1.165) is 18.9 Å². The van der Waals surface area contributed by atoms with Crippen molar-refractivity contribution in [1.82, 2.24) is 19.5 Å². The van der Waals surface area contributed by atoms with Crippen LogP contribution in [0.5, 0.6) is 0 Å². The van der Waals surface area contributed by atoms with Crippen molar-refractivity contribution in [2.24, 2.45) is 0 Å². The zero-order valence-corrected chi connectivity index (χ0v) is 15.7. The number of hydrogen-bond donors (Lipinski definition) is 1. The van der Waals surface area contributed by atoms with Crippen LogP contribution in [0.2, 0.25) is 0 Å². The molecule has 2 aliphatic rings. The maximum absolute atomic E-state index is 12.5. The van der Waals surface area contributed by atoms with Gasteiger partial charge >= 0.3 is 0 Å². The van der Waals surface area contributed by atoms with E-state index >= 15 is 0 Å². The average Bonchev–Trinajstić information content (AvgIpc) is 3.09. The van der Waals surface area contributed by atoms with Gasteiger partial charge in [-0.25, -0.2) is 15.0 Å². The molecule has 1 N–H and O–H groups in total. The summed E-state index contributed by atoms with van der Waals surface area (Å²) in [4.78, 5) is 39.7. The number of aromatic nitrogens is 4. The molecule has 9 nitrogen and oxygen atoms in total. The largest absolute Gasteiger partial charge is 0.378 e. The number of nitrogens with one attached hydrogen (secondary N) is 1. The van der Waals surface area contributed by atoms with Gasteiger partial charge in [-0.3, -0.25) is 14.2 Å². The quantitative estimate of drug-likeness (QED) is 0.770. The Balaban J connectivity index is 1.44. The minimum absolute atomic E-state index is 0.0839. The van der Waals surface area contributed by atoms with Crippen LogP contribution in [0, 0.1) is 6.92 Å². The summed E-state index contributed by atoms with van der Waals surface area (Å²) in [6.45, 7) is 4.57. The summed E-state index contributed by atoms with van der Waals surface area (Å²) in [6.07, 6.45) is 3.22. The second kappa shape index (κ2) is 7.65. The molecular weight excluding hydrogens is 368 g/mol. The second-order valence-electron chi connectivity index (χ2n) is 6.48. The Hall–Kier alpha value is -2.46. The van der Waals surface area contributed by atoms with Gasteiger partial charge in [0.15, 0.2) is 5.16 Å². The maximum atomic E-state index is 12.5. The molecule has 2 aliphatic heterocycles. The molecule has 2 aromatic heterocycles. The lowest BCUT2D eigenvalue weighted by Gasteiger charge is -2.27. The maximum Gasteiger partial charge on any atom is 0.257 e. The SMILES string of the molecule is Cc1cnc2n(c1=O)C(CC(=O)Nc1cc(N3CCOCC3)ncn1)CS2. The highest BCUT2D eigenvalue weighted by Gasteiger charge is 2.27. The van der Waals surface area contributed by atoms with Crippen LogP contribution in [-0.2, 0) is 9.53 Å². The van der Waals surface area contributed by atoms with Gasteiger partial charge in [0.05, 0.1) is 19.3 Å². The van der Waals surface area contributed by atoms with Crippen LogP contribution >= 0.6 is 11.8 Å². The number of carbonyl (C=O) groups excluding carboxylic acids is 1. The lowest BCUT2D eigenvalue weighted by molar-refractivity contribution is -0.116. The first-order chi connectivity index (χ1) is 13.1. The molecule has 10 heteroatoms. The van der Waals surface area contributed by atoms with Crippen molar-refractivity contribution in [2.45, 2.75) is 24.5 Å². The van der Waals surface area contributed by atoms with Crippen LogP contribution in [-0.4, -0.2) is 57.5 Å². The zero-order chi connectivity index (χ0) is 18.8. The van der Waals surface area contributed by atoms with Crippen molar-refractivity contribution in [3.05, 3.63) is 34.5 Å². The van der Waals surface area contributed by atoms with E-state index in [1.54, 1.807) is 23.8 Å². The first kappa shape index (κ1) is 17.9. The minimum Gasteiger partial charge on any atom is -0.378 e. The van der Waals surface area contributed by atoms with Crippen molar-refractivity contribution in [3.63, 3.8) is 0 Å². The van der Waals surface area contributed by atoms with Gasteiger partial charge in [0.2, 0.25) is 5.91 Å². The molecule has 1 amide bonds. The molecule has 1 saturated heterocycles. The zero-order valence-electron chi connectivity index (χ0n) is 14.9. The third-order valence-electron chi connectivity index (χ3n) is 4.58. The summed E-state index contributed by atoms with van der Waals surface area (Å²) in [5, 5.41) is 3.49. The first-order valence-electron chi connectivity index (χ1n) is 8.77. The number of hydrogen-bond acceptors (Lipinski definition) is 8. The molecule has 4 rings (SSSR count). The fourth-order valence-electron chi connectivity index (χ4n) is 3.16. The van der Waals surface area contributed by atoms with Crippen LogP contribution in [0.3, 0.4) is 0 Å². The summed E-state index contributed by atoms with van der Waals surface area (Å²) in [5.41, 5.74) is 0.497. The van der Waals surface area contributed by atoms with E-state index < -0.39 is 0 Å². The molecular formula is C17H20N6O3S. The van der Waals surface area contributed by atoms with E-state index in [9.17, 15) is 9.59 Å². The molecule has 142 valence electrons. The molecule has 1 unspecified atom stereocenters. The number of aryl methyl sites for hydroxylation is 1. The van der Waals surface area contributed by atoms with Gasteiger partial charge in [0.25, 0.3) is 5.56 Å². The van der Waals surface area contributed by atoms with Crippen molar-refractivity contribution < 1.29 is 9.53 Å². The highest BCUT2D eigenvalue weighted by molar-refractivity contribution is 7.99. The number of amides is 1. The lowest BCUT2D eigenvalue weighted by Crippen LogP contribution is -2.36. The molecule has 0 aliphatic carbocycles. The van der Waals surface area contributed by atoms with E-state index in [-0.39, 0.29) is 23.9 Å². The van der Waals surface area contributed by atoms with Crippen LogP contribution < -0.4 is 15.8 Å². The Morgan fingerprint density at radius 1 is 1.33 bits per heavy atom. The Morgan fingerprint density at radius 3 is 2.96 bits per heavy atom. The standard InChI is InChI=1S/C17H20N6O3S/c1-11-8-18-17-23(16(11)25)12(9-27-17)6-15(24)21-13-7-14(20-10-19-13)22-2-4-26-5-3-22/h7-8,10,12H,2-6,9H2,1H3,(H,19,20,21,24). The molecule has 4 heterocycles. The van der Waals surface area contributed by atoms with Crippen LogP contribution in [0.1, 0.15) is 18.0 Å². The number of anilines is 2. The van der Waals surface area contributed by atoms with Gasteiger partial charge in [-0.15, -0.1) is 0 Å². The summed E-state index contributed by atoms with van der Waals surface area (Å²) >= 11 is 1.50. The lowest BCUT2D eigenvalue weighted by atomic mass is 10.2. The number of nitrogens with zero attached hydrogens (tertiary/aromatic N) is 5. The second-order valence-corrected chi connectivity index (χ2v) is 7.46. The summed E-state index contributed by atoms with van der Waals surface area (Å²) in [5.74, 6) is 1.69. The number of ether oxygens (including phenoxy) is 1. The number of carbonyl (C=O) groups is 1. The Labute approximate surface area is 160 Å². The molecule has 2 aromatic rings. The van der Waals surface area contributed by atoms with Crippen molar-refractivity contribution >= 4 is 29.3 Å². The van der Waals surface area contributed by atoms with E-state index in [4.69, 9.17) is 4.74 Å². The van der Waals surface area contributed by atoms with Crippen molar-refractivity contribution in [2.75, 3.05) is 42.3 Å². The molecule has 0 spiro atoms. The average molecular weight is 388 g/mol. The van der Waals surface area contributed by atoms with Crippen LogP contribution in [0.15, 0.2) is 28.5 Å². The monoisotopic (exact) mass is 388 g/mol. The predicted molar refractivity (Wildman–Crippen MR) is 101 cm³/mol. The third kappa shape index (κ3) is 3.81. The summed E-state index contributed by atoms with van der Waals surface area (Å²) in [6, 6.07) is 1.56. The van der Waals surface area contributed by atoms with Gasteiger partial charge in [0, 0.05) is 43.1 Å². The van der Waals surface area contributed by atoms with Crippen molar-refractivity contribution in [3.8, 4) is 0 Å². The van der Waals surface area contributed by atoms with Gasteiger partial charge < -0.3 is 15.0 Å².